The molecule has 0 aliphatic heterocycles. The van der Waals surface area contributed by atoms with Crippen LogP contribution in [0.2, 0.25) is 0 Å². The SMILES string of the molecule is CC(C)CNC[NH-].[Y].[Y]. The summed E-state index contributed by atoms with van der Waals surface area (Å²) >= 11 is 0. The van der Waals surface area contributed by atoms with E-state index in [9.17, 15) is 0 Å². The quantitative estimate of drug-likeness (QED) is 0.828. The van der Waals surface area contributed by atoms with Crippen molar-refractivity contribution in [3.63, 3.8) is 0 Å². The van der Waals surface area contributed by atoms with Gasteiger partial charge in [0, 0.05) is 65.4 Å². The maximum atomic E-state index is 6.68. The molecule has 2 nitrogen and oxygen atoms in total. The molecular formula is C5H13N2Y2-. The molecule has 0 fully saturated rings. The zero-order chi connectivity index (χ0) is 5.70. The van der Waals surface area contributed by atoms with Crippen LogP contribution in [0.25, 0.3) is 5.73 Å². The van der Waals surface area contributed by atoms with Crippen molar-refractivity contribution in [1.29, 1.82) is 0 Å². The van der Waals surface area contributed by atoms with Gasteiger partial charge in [-0.15, -0.1) is 0 Å². The van der Waals surface area contributed by atoms with E-state index in [-0.39, 0.29) is 65.4 Å². The summed E-state index contributed by atoms with van der Waals surface area (Å²) in [6.45, 7) is 5.56. The Balaban J connectivity index is -0.000000180. The second kappa shape index (κ2) is 12.8. The summed E-state index contributed by atoms with van der Waals surface area (Å²) in [6.07, 6.45) is 0. The van der Waals surface area contributed by atoms with Crippen LogP contribution in [-0.4, -0.2) is 13.2 Å². The van der Waals surface area contributed by atoms with Gasteiger partial charge in [-0.05, 0) is 12.5 Å². The predicted molar refractivity (Wildman–Crippen MR) is 32.0 cm³/mol. The van der Waals surface area contributed by atoms with E-state index in [1.807, 2.05) is 0 Å². The average molecular weight is 279 g/mol. The molecule has 0 atom stereocenters. The van der Waals surface area contributed by atoms with Gasteiger partial charge in [-0.25, -0.2) is 0 Å². The van der Waals surface area contributed by atoms with Crippen molar-refractivity contribution in [1.82, 2.24) is 5.32 Å². The van der Waals surface area contributed by atoms with E-state index in [0.717, 1.165) is 6.54 Å². The van der Waals surface area contributed by atoms with Crippen LogP contribution in [-0.2, 0) is 65.4 Å². The Morgan fingerprint density at radius 1 is 1.33 bits per heavy atom. The molecule has 0 bridgehead atoms. The maximum Gasteiger partial charge on any atom is 0 e. The Hall–Kier alpha value is 2.13. The monoisotopic (exact) mass is 279 g/mol. The second-order valence-electron chi connectivity index (χ2n) is 2.02. The molecule has 4 heteroatoms. The van der Waals surface area contributed by atoms with E-state index in [1.54, 1.807) is 0 Å². The van der Waals surface area contributed by atoms with Crippen LogP contribution in [0.1, 0.15) is 13.8 Å². The molecule has 0 spiro atoms. The van der Waals surface area contributed by atoms with E-state index in [0.29, 0.717) is 12.6 Å². The summed E-state index contributed by atoms with van der Waals surface area (Å²) < 4.78 is 0. The Kier molecular flexibility index (Phi) is 24.5. The first-order valence-electron chi connectivity index (χ1n) is 2.62. The molecule has 9 heavy (non-hydrogen) atoms. The van der Waals surface area contributed by atoms with E-state index >= 15 is 0 Å². The van der Waals surface area contributed by atoms with Crippen molar-refractivity contribution < 1.29 is 65.4 Å². The third kappa shape index (κ3) is 17.8. The molecule has 2 N–H and O–H groups in total. The second-order valence-corrected chi connectivity index (χ2v) is 2.02. The molecule has 0 amide bonds. The Labute approximate surface area is 108 Å². The van der Waals surface area contributed by atoms with Gasteiger partial charge in [0.25, 0.3) is 0 Å². The van der Waals surface area contributed by atoms with Crippen LogP contribution in [0.5, 0.6) is 0 Å². The van der Waals surface area contributed by atoms with E-state index in [4.69, 9.17) is 5.73 Å². The van der Waals surface area contributed by atoms with E-state index < -0.39 is 0 Å². The molecule has 0 aromatic carbocycles. The minimum atomic E-state index is 0. The van der Waals surface area contributed by atoms with Gasteiger partial charge in [-0.3, -0.25) is 0 Å². The first-order valence-corrected chi connectivity index (χ1v) is 2.62. The average Bonchev–Trinajstić information content (AvgIpc) is 1.61. The smallest absolute Gasteiger partial charge is 0 e. The zero-order valence-electron chi connectivity index (χ0n) is 6.15. The van der Waals surface area contributed by atoms with Gasteiger partial charge in [0.1, 0.15) is 0 Å². The topological polar surface area (TPSA) is 35.8 Å². The molecule has 2 radical (unpaired) electrons. The Bertz CT molecular complexity index is 41.9. The van der Waals surface area contributed by atoms with Gasteiger partial charge < -0.3 is 11.1 Å². The Morgan fingerprint density at radius 3 is 1.89 bits per heavy atom. The molecule has 0 heterocycles. The van der Waals surface area contributed by atoms with Gasteiger partial charge in [-0.2, -0.15) is 0 Å². The van der Waals surface area contributed by atoms with Gasteiger partial charge in [0.05, 0.1) is 0 Å². The zero-order valence-corrected chi connectivity index (χ0v) is 11.8. The minimum absolute atomic E-state index is 0. The Morgan fingerprint density at radius 2 is 1.78 bits per heavy atom. The van der Waals surface area contributed by atoms with E-state index in [1.165, 1.54) is 0 Å². The van der Waals surface area contributed by atoms with Crippen molar-refractivity contribution >= 4 is 0 Å². The van der Waals surface area contributed by atoms with Crippen LogP contribution in [0.3, 0.4) is 0 Å². The maximum absolute atomic E-state index is 6.68. The summed E-state index contributed by atoms with van der Waals surface area (Å²) in [5.41, 5.74) is 6.68. The number of rotatable bonds is 3. The van der Waals surface area contributed by atoms with Crippen molar-refractivity contribution in [3.8, 4) is 0 Å². The summed E-state index contributed by atoms with van der Waals surface area (Å²) in [4.78, 5) is 0. The van der Waals surface area contributed by atoms with Gasteiger partial charge >= 0.3 is 0 Å². The molecule has 0 aromatic heterocycles. The van der Waals surface area contributed by atoms with Crippen molar-refractivity contribution in [2.24, 2.45) is 5.92 Å². The molecule has 0 aromatic rings. The summed E-state index contributed by atoms with van der Waals surface area (Å²) in [5, 5.41) is 2.91. The fourth-order valence-electron chi connectivity index (χ4n) is 0.361. The molecule has 50 valence electrons. The number of hydrogen-bond acceptors (Lipinski definition) is 1. The number of hydrogen-bond donors (Lipinski definition) is 1. The van der Waals surface area contributed by atoms with Crippen LogP contribution in [0.15, 0.2) is 0 Å². The third-order valence-electron chi connectivity index (χ3n) is 0.678. The van der Waals surface area contributed by atoms with Crippen molar-refractivity contribution in [2.75, 3.05) is 13.2 Å². The molecule has 0 unspecified atom stereocenters. The largest absolute Gasteiger partial charge is 0.665 e. The first-order chi connectivity index (χ1) is 3.27. The predicted octanol–water partition coefficient (Wildman–Crippen LogP) is 1.24. The molecule has 0 rings (SSSR count). The van der Waals surface area contributed by atoms with Gasteiger partial charge in [-0.1, -0.05) is 20.5 Å². The van der Waals surface area contributed by atoms with Crippen LogP contribution < -0.4 is 5.32 Å². The molecule has 0 saturated heterocycles. The van der Waals surface area contributed by atoms with Crippen LogP contribution >= 0.6 is 0 Å². The summed E-state index contributed by atoms with van der Waals surface area (Å²) in [5.74, 6) is 0.672. The van der Waals surface area contributed by atoms with Crippen molar-refractivity contribution in [2.45, 2.75) is 13.8 Å². The van der Waals surface area contributed by atoms with Crippen molar-refractivity contribution in [3.05, 3.63) is 5.73 Å². The third-order valence-corrected chi connectivity index (χ3v) is 0.678. The minimum Gasteiger partial charge on any atom is -0.665 e. The number of nitrogens with one attached hydrogen (secondary N) is 2. The molecule has 0 aliphatic carbocycles. The molecule has 0 saturated carbocycles. The normalized spacial score (nSPS) is 8.00. The van der Waals surface area contributed by atoms with Gasteiger partial charge in [0.2, 0.25) is 0 Å². The fourth-order valence-corrected chi connectivity index (χ4v) is 0.361. The van der Waals surface area contributed by atoms with Crippen LogP contribution in [0.4, 0.5) is 0 Å². The summed E-state index contributed by atoms with van der Waals surface area (Å²) in [6, 6.07) is 0. The van der Waals surface area contributed by atoms with Gasteiger partial charge in [0.15, 0.2) is 0 Å². The summed E-state index contributed by atoms with van der Waals surface area (Å²) in [7, 11) is 0. The standard InChI is InChI=1S/C5H13N2.2Y/c1-5(2)3-7-4-6;;/h5-7H,3-4H2,1-2H3;;/q-1;;. The molecule has 0 aliphatic rings. The first kappa shape index (κ1) is 17.3. The molecular weight excluding hydrogens is 266 g/mol. The van der Waals surface area contributed by atoms with Crippen LogP contribution in [0, 0.1) is 5.92 Å². The fraction of sp³-hybridized carbons (Fsp3) is 1.00. The van der Waals surface area contributed by atoms with E-state index in [2.05, 4.69) is 19.2 Å².